The molecule has 0 saturated heterocycles. The fourth-order valence-electron chi connectivity index (χ4n) is 2.60. The van der Waals surface area contributed by atoms with Crippen molar-refractivity contribution in [1.29, 1.82) is 0 Å². The van der Waals surface area contributed by atoms with Crippen LogP contribution in [-0.4, -0.2) is 26.4 Å². The van der Waals surface area contributed by atoms with E-state index in [0.29, 0.717) is 4.90 Å². The Bertz CT molecular complexity index is 1160. The van der Waals surface area contributed by atoms with Crippen molar-refractivity contribution in [3.8, 4) is 11.1 Å². The second kappa shape index (κ2) is 7.10. The second-order valence-corrected chi connectivity index (χ2v) is 8.66. The number of halogens is 3. The lowest BCUT2D eigenvalue weighted by Crippen LogP contribution is -2.24. The molecule has 142 valence electrons. The fraction of sp³-hybridized carbons (Fsp3) is 0.222. The summed E-state index contributed by atoms with van der Waals surface area (Å²) >= 11 is 7.48. The first-order valence-electron chi connectivity index (χ1n) is 7.87. The van der Waals surface area contributed by atoms with Crippen LogP contribution in [0.4, 0.5) is 8.78 Å². The van der Waals surface area contributed by atoms with Gasteiger partial charge in [-0.1, -0.05) is 11.6 Å². The lowest BCUT2D eigenvalue weighted by atomic mass is 10.0. The first-order chi connectivity index (χ1) is 12.6. The minimum absolute atomic E-state index is 0.0145. The molecule has 3 aromatic rings. The van der Waals surface area contributed by atoms with Crippen LogP contribution in [0.25, 0.3) is 22.0 Å². The van der Waals surface area contributed by atoms with E-state index in [2.05, 4.69) is 9.97 Å². The molecule has 2 aromatic carbocycles. The SMILES string of the molecule is CC(C)(CO)Sc1c(-c2ccc(F)cc2F)c(Cl)cc2c(=O)[nH]c(=O)[nH]c12. The molecule has 0 unspecified atom stereocenters. The Morgan fingerprint density at radius 1 is 1.19 bits per heavy atom. The third kappa shape index (κ3) is 3.78. The Balaban J connectivity index is 2.46. The van der Waals surface area contributed by atoms with Gasteiger partial charge < -0.3 is 10.1 Å². The number of aliphatic hydroxyl groups excluding tert-OH is 1. The summed E-state index contributed by atoms with van der Waals surface area (Å²) < 4.78 is 27.1. The number of hydrogen-bond donors (Lipinski definition) is 3. The van der Waals surface area contributed by atoms with Crippen molar-refractivity contribution in [3.63, 3.8) is 0 Å². The number of benzene rings is 2. The highest BCUT2D eigenvalue weighted by molar-refractivity contribution is 8.01. The van der Waals surface area contributed by atoms with E-state index in [4.69, 9.17) is 11.6 Å². The number of hydrogen-bond acceptors (Lipinski definition) is 4. The number of thioether (sulfide) groups is 1. The molecule has 9 heteroatoms. The lowest BCUT2D eigenvalue weighted by molar-refractivity contribution is 0.265. The summed E-state index contributed by atoms with van der Waals surface area (Å²) in [5, 5.41) is 9.81. The highest BCUT2D eigenvalue weighted by atomic mass is 35.5. The lowest BCUT2D eigenvalue weighted by Gasteiger charge is -2.24. The molecule has 0 aliphatic rings. The summed E-state index contributed by atoms with van der Waals surface area (Å²) in [6.07, 6.45) is 0. The van der Waals surface area contributed by atoms with Crippen molar-refractivity contribution < 1.29 is 13.9 Å². The van der Waals surface area contributed by atoms with Crippen LogP contribution in [0.3, 0.4) is 0 Å². The number of H-pyrrole nitrogens is 2. The van der Waals surface area contributed by atoms with Gasteiger partial charge in [-0.3, -0.25) is 9.78 Å². The van der Waals surface area contributed by atoms with Gasteiger partial charge in [0.25, 0.3) is 5.56 Å². The summed E-state index contributed by atoms with van der Waals surface area (Å²) in [5.41, 5.74) is -0.997. The predicted octanol–water partition coefficient (Wildman–Crippen LogP) is 3.68. The highest BCUT2D eigenvalue weighted by Crippen LogP contribution is 2.45. The Morgan fingerprint density at radius 3 is 2.52 bits per heavy atom. The van der Waals surface area contributed by atoms with Crippen molar-refractivity contribution in [3.05, 3.63) is 61.8 Å². The van der Waals surface area contributed by atoms with Crippen LogP contribution in [0.5, 0.6) is 0 Å². The van der Waals surface area contributed by atoms with Gasteiger partial charge in [0.05, 0.1) is 22.5 Å². The standard InChI is InChI=1S/C18H15ClF2N2O3S/c1-18(2,7-24)27-15-13(9-4-3-8(20)5-12(9)21)11(19)6-10-14(15)22-17(26)23-16(10)25/h3-6,24H,7H2,1-2H3,(H2,22,23,25,26). The van der Waals surface area contributed by atoms with E-state index in [1.54, 1.807) is 13.8 Å². The average Bonchev–Trinajstić information content (AvgIpc) is 2.57. The Labute approximate surface area is 161 Å². The molecule has 3 N–H and O–H groups in total. The van der Waals surface area contributed by atoms with Crippen molar-refractivity contribution >= 4 is 34.3 Å². The zero-order chi connectivity index (χ0) is 19.9. The summed E-state index contributed by atoms with van der Waals surface area (Å²) in [5.74, 6) is -1.59. The van der Waals surface area contributed by atoms with Crippen LogP contribution in [0.2, 0.25) is 5.02 Å². The van der Waals surface area contributed by atoms with E-state index in [1.807, 2.05) is 0 Å². The number of rotatable bonds is 4. The van der Waals surface area contributed by atoms with Crippen LogP contribution in [0, 0.1) is 11.6 Å². The minimum atomic E-state index is -0.841. The number of nitrogens with one attached hydrogen (secondary N) is 2. The molecule has 3 rings (SSSR count). The van der Waals surface area contributed by atoms with Crippen LogP contribution >= 0.6 is 23.4 Å². The van der Waals surface area contributed by atoms with Gasteiger partial charge in [-0.05, 0) is 32.0 Å². The van der Waals surface area contributed by atoms with Crippen LogP contribution in [0.1, 0.15) is 13.8 Å². The quantitative estimate of drug-likeness (QED) is 0.570. The van der Waals surface area contributed by atoms with E-state index >= 15 is 0 Å². The maximum absolute atomic E-state index is 14.5. The largest absolute Gasteiger partial charge is 0.395 e. The number of aliphatic hydroxyl groups is 1. The third-order valence-corrected chi connectivity index (χ3v) is 5.50. The van der Waals surface area contributed by atoms with E-state index < -0.39 is 27.6 Å². The van der Waals surface area contributed by atoms with Gasteiger partial charge in [0, 0.05) is 26.8 Å². The maximum Gasteiger partial charge on any atom is 0.326 e. The van der Waals surface area contributed by atoms with E-state index in [9.17, 15) is 23.5 Å². The van der Waals surface area contributed by atoms with Crippen molar-refractivity contribution in [1.82, 2.24) is 9.97 Å². The van der Waals surface area contributed by atoms with Gasteiger partial charge in [0.15, 0.2) is 0 Å². The smallest absolute Gasteiger partial charge is 0.326 e. The summed E-state index contributed by atoms with van der Waals surface area (Å²) in [6.45, 7) is 3.24. The van der Waals surface area contributed by atoms with Gasteiger partial charge in [-0.15, -0.1) is 11.8 Å². The van der Waals surface area contributed by atoms with E-state index in [1.165, 1.54) is 12.1 Å². The predicted molar refractivity (Wildman–Crippen MR) is 103 cm³/mol. The van der Waals surface area contributed by atoms with Crippen LogP contribution in [0.15, 0.2) is 38.8 Å². The molecule has 0 aliphatic carbocycles. The molecule has 5 nitrogen and oxygen atoms in total. The zero-order valence-corrected chi connectivity index (χ0v) is 15.9. The van der Waals surface area contributed by atoms with E-state index in [0.717, 1.165) is 23.9 Å². The molecule has 0 radical (unpaired) electrons. The Morgan fingerprint density at radius 2 is 1.89 bits per heavy atom. The molecule has 0 aliphatic heterocycles. The highest BCUT2D eigenvalue weighted by Gasteiger charge is 2.26. The molecule has 1 aromatic heterocycles. The topological polar surface area (TPSA) is 85.9 Å². The summed E-state index contributed by atoms with van der Waals surface area (Å²) in [4.78, 5) is 29.0. The van der Waals surface area contributed by atoms with Gasteiger partial charge >= 0.3 is 5.69 Å². The normalized spacial score (nSPS) is 11.9. The average molecular weight is 413 g/mol. The molecule has 0 bridgehead atoms. The monoisotopic (exact) mass is 412 g/mol. The third-order valence-electron chi connectivity index (χ3n) is 3.90. The molecule has 0 fully saturated rings. The van der Waals surface area contributed by atoms with Gasteiger partial charge in [0.2, 0.25) is 0 Å². The Hall–Kier alpha value is -2.16. The van der Waals surface area contributed by atoms with Crippen molar-refractivity contribution in [2.75, 3.05) is 6.61 Å². The van der Waals surface area contributed by atoms with Crippen molar-refractivity contribution in [2.45, 2.75) is 23.5 Å². The number of aromatic amines is 2. The molecule has 0 amide bonds. The van der Waals surface area contributed by atoms with Crippen LogP contribution in [-0.2, 0) is 0 Å². The molecule has 0 atom stereocenters. The number of fused-ring (bicyclic) bond motifs is 1. The molecule has 1 heterocycles. The zero-order valence-electron chi connectivity index (χ0n) is 14.3. The second-order valence-electron chi connectivity index (χ2n) is 6.54. The van der Waals surface area contributed by atoms with Gasteiger partial charge in [0.1, 0.15) is 11.6 Å². The van der Waals surface area contributed by atoms with Crippen LogP contribution < -0.4 is 11.2 Å². The molecular formula is C18H15ClF2N2O3S. The van der Waals surface area contributed by atoms with E-state index in [-0.39, 0.29) is 33.7 Å². The number of aromatic nitrogens is 2. The fourth-order valence-corrected chi connectivity index (χ4v) is 4.16. The van der Waals surface area contributed by atoms with Gasteiger partial charge in [-0.2, -0.15) is 0 Å². The van der Waals surface area contributed by atoms with Crippen molar-refractivity contribution in [2.24, 2.45) is 0 Å². The first-order valence-corrected chi connectivity index (χ1v) is 9.06. The first kappa shape index (κ1) is 19.6. The van der Waals surface area contributed by atoms with Gasteiger partial charge in [-0.25, -0.2) is 13.6 Å². The maximum atomic E-state index is 14.5. The summed E-state index contributed by atoms with van der Waals surface area (Å²) in [7, 11) is 0. The molecule has 0 saturated carbocycles. The summed E-state index contributed by atoms with van der Waals surface area (Å²) in [6, 6.07) is 4.37. The molecule has 0 spiro atoms. The Kier molecular flexibility index (Phi) is 5.16. The molecule has 27 heavy (non-hydrogen) atoms. The molecular weight excluding hydrogens is 398 g/mol. The minimum Gasteiger partial charge on any atom is -0.395 e.